The number of hydrogen-bond donors (Lipinski definition) is 0. The van der Waals surface area contributed by atoms with Crippen LogP contribution in [0.25, 0.3) is 0 Å². The van der Waals surface area contributed by atoms with Gasteiger partial charge in [-0.2, -0.15) is 0 Å². The predicted molar refractivity (Wildman–Crippen MR) is 121 cm³/mol. The monoisotopic (exact) mass is 439 g/mol. The van der Waals surface area contributed by atoms with Gasteiger partial charge in [0.05, 0.1) is 18.3 Å². The van der Waals surface area contributed by atoms with Crippen molar-refractivity contribution in [2.75, 3.05) is 26.7 Å². The molecule has 1 atom stereocenters. The van der Waals surface area contributed by atoms with Gasteiger partial charge in [-0.05, 0) is 49.8 Å². The summed E-state index contributed by atoms with van der Waals surface area (Å²) in [6, 6.07) is 7.90. The van der Waals surface area contributed by atoms with E-state index in [0.717, 1.165) is 41.1 Å². The van der Waals surface area contributed by atoms with Crippen molar-refractivity contribution in [1.82, 2.24) is 14.8 Å². The second kappa shape index (κ2) is 9.64. The summed E-state index contributed by atoms with van der Waals surface area (Å²) >= 11 is 1.41. The summed E-state index contributed by atoms with van der Waals surface area (Å²) in [4.78, 5) is 35.0. The van der Waals surface area contributed by atoms with E-state index in [4.69, 9.17) is 4.74 Å². The van der Waals surface area contributed by atoms with E-state index in [-0.39, 0.29) is 17.7 Å². The molecule has 4 rings (SSSR count). The number of thiazole rings is 1. The third-order valence-corrected chi connectivity index (χ3v) is 7.27. The Morgan fingerprint density at radius 1 is 1.26 bits per heavy atom. The lowest BCUT2D eigenvalue weighted by Gasteiger charge is -2.36. The van der Waals surface area contributed by atoms with E-state index in [9.17, 15) is 9.59 Å². The minimum Gasteiger partial charge on any atom is -0.497 e. The van der Waals surface area contributed by atoms with Crippen LogP contribution in [-0.2, 0) is 11.3 Å². The highest BCUT2D eigenvalue weighted by Crippen LogP contribution is 2.32. The van der Waals surface area contributed by atoms with E-state index in [1.54, 1.807) is 12.6 Å². The standard InChI is InChI=1S/C24H29N3O3S/c1-17-22(31-16-25-17)24(29)26-12-9-19(10-13-26)21-8-3-4-11-27(23(21)28)15-18-6-5-7-20(14-18)30-2/h3-7,14,16,19,21H,8-13,15H2,1-2H3/t21-/m1/s1. The number of benzene rings is 1. The van der Waals surface area contributed by atoms with Gasteiger partial charge in [0.25, 0.3) is 5.91 Å². The summed E-state index contributed by atoms with van der Waals surface area (Å²) in [5.41, 5.74) is 3.60. The Kier molecular flexibility index (Phi) is 6.70. The topological polar surface area (TPSA) is 62.7 Å². The first kappa shape index (κ1) is 21.6. The Morgan fingerprint density at radius 2 is 2.06 bits per heavy atom. The van der Waals surface area contributed by atoms with Gasteiger partial charge in [-0.3, -0.25) is 9.59 Å². The number of likely N-dealkylation sites (tertiary alicyclic amines) is 1. The number of carbonyl (C=O) groups excluding carboxylic acids is 2. The summed E-state index contributed by atoms with van der Waals surface area (Å²) < 4.78 is 5.32. The SMILES string of the molecule is COc1cccc(CN2CC=CC[C@H](C3CCN(C(=O)c4scnc4C)CC3)C2=O)c1. The third-order valence-electron chi connectivity index (χ3n) is 6.35. The molecule has 1 saturated heterocycles. The molecule has 0 N–H and O–H groups in total. The number of nitrogens with zero attached hydrogens (tertiary/aromatic N) is 3. The molecular weight excluding hydrogens is 410 g/mol. The predicted octanol–water partition coefficient (Wildman–Crippen LogP) is 3.92. The first-order valence-electron chi connectivity index (χ1n) is 10.8. The number of methoxy groups -OCH3 is 1. The molecule has 0 spiro atoms. The van der Waals surface area contributed by atoms with Crippen LogP contribution in [-0.4, -0.2) is 53.3 Å². The quantitative estimate of drug-likeness (QED) is 0.663. The first-order valence-corrected chi connectivity index (χ1v) is 11.7. The average molecular weight is 440 g/mol. The van der Waals surface area contributed by atoms with Gasteiger partial charge < -0.3 is 14.5 Å². The van der Waals surface area contributed by atoms with Gasteiger partial charge in [-0.15, -0.1) is 11.3 Å². The summed E-state index contributed by atoms with van der Waals surface area (Å²) in [6.45, 7) is 4.49. The highest BCUT2D eigenvalue weighted by molar-refractivity contribution is 7.11. The van der Waals surface area contributed by atoms with Crippen molar-refractivity contribution in [3.63, 3.8) is 0 Å². The first-order chi connectivity index (χ1) is 15.1. The van der Waals surface area contributed by atoms with Crippen molar-refractivity contribution in [1.29, 1.82) is 0 Å². The number of aromatic nitrogens is 1. The lowest BCUT2D eigenvalue weighted by Crippen LogP contribution is -2.44. The minimum atomic E-state index is -0.0215. The van der Waals surface area contributed by atoms with Crippen molar-refractivity contribution in [2.24, 2.45) is 11.8 Å². The average Bonchev–Trinajstić information content (AvgIpc) is 3.15. The zero-order valence-corrected chi connectivity index (χ0v) is 18.9. The van der Waals surface area contributed by atoms with Crippen molar-refractivity contribution in [3.8, 4) is 5.75 Å². The Morgan fingerprint density at radius 3 is 2.77 bits per heavy atom. The van der Waals surface area contributed by atoms with Crippen LogP contribution in [0.4, 0.5) is 0 Å². The van der Waals surface area contributed by atoms with E-state index in [0.29, 0.717) is 32.1 Å². The Bertz CT molecular complexity index is 962. The second-order valence-corrected chi connectivity index (χ2v) is 9.14. The molecule has 2 aliphatic heterocycles. The lowest BCUT2D eigenvalue weighted by atomic mass is 9.81. The molecule has 0 aliphatic carbocycles. The molecule has 0 unspecified atom stereocenters. The van der Waals surface area contributed by atoms with Crippen LogP contribution in [0.5, 0.6) is 5.75 Å². The summed E-state index contributed by atoms with van der Waals surface area (Å²) in [7, 11) is 1.66. The number of piperidine rings is 1. The maximum absolute atomic E-state index is 13.4. The largest absolute Gasteiger partial charge is 0.497 e. The summed E-state index contributed by atoms with van der Waals surface area (Å²) in [5, 5.41) is 0. The molecule has 0 radical (unpaired) electrons. The number of ether oxygens (including phenoxy) is 1. The number of amides is 2. The maximum atomic E-state index is 13.4. The zero-order chi connectivity index (χ0) is 21.8. The number of allylic oxidation sites excluding steroid dienone is 1. The fraction of sp³-hybridized carbons (Fsp3) is 0.458. The molecule has 7 heteroatoms. The second-order valence-electron chi connectivity index (χ2n) is 8.28. The van der Waals surface area contributed by atoms with Crippen LogP contribution >= 0.6 is 11.3 Å². The molecule has 3 heterocycles. The highest BCUT2D eigenvalue weighted by Gasteiger charge is 2.35. The molecule has 2 aromatic rings. The molecule has 31 heavy (non-hydrogen) atoms. The molecular formula is C24H29N3O3S. The molecule has 1 aromatic heterocycles. The van der Waals surface area contributed by atoms with E-state index < -0.39 is 0 Å². The number of rotatable bonds is 5. The number of hydrogen-bond acceptors (Lipinski definition) is 5. The van der Waals surface area contributed by atoms with Crippen LogP contribution < -0.4 is 4.74 Å². The van der Waals surface area contributed by atoms with Crippen molar-refractivity contribution >= 4 is 23.2 Å². The molecule has 1 aromatic carbocycles. The van der Waals surface area contributed by atoms with Crippen LogP contribution in [0.3, 0.4) is 0 Å². The molecule has 164 valence electrons. The Hall–Kier alpha value is -2.67. The van der Waals surface area contributed by atoms with Crippen LogP contribution in [0.2, 0.25) is 0 Å². The molecule has 1 fully saturated rings. The van der Waals surface area contributed by atoms with Crippen LogP contribution in [0, 0.1) is 18.8 Å². The van der Waals surface area contributed by atoms with E-state index in [1.807, 2.05) is 41.0 Å². The van der Waals surface area contributed by atoms with Gasteiger partial charge >= 0.3 is 0 Å². The highest BCUT2D eigenvalue weighted by atomic mass is 32.1. The van der Waals surface area contributed by atoms with Gasteiger partial charge in [0.2, 0.25) is 5.91 Å². The van der Waals surface area contributed by atoms with Gasteiger partial charge in [0.15, 0.2) is 0 Å². The van der Waals surface area contributed by atoms with Gasteiger partial charge in [0, 0.05) is 32.1 Å². The van der Waals surface area contributed by atoms with Crippen molar-refractivity contribution in [2.45, 2.75) is 32.7 Å². The van der Waals surface area contributed by atoms with Gasteiger partial charge in [-0.1, -0.05) is 24.3 Å². The Balaban J connectivity index is 1.40. The lowest BCUT2D eigenvalue weighted by molar-refractivity contribution is -0.137. The third kappa shape index (κ3) is 4.82. The normalized spacial score (nSPS) is 20.1. The fourth-order valence-electron chi connectivity index (χ4n) is 4.55. The maximum Gasteiger partial charge on any atom is 0.265 e. The molecule has 0 saturated carbocycles. The van der Waals surface area contributed by atoms with Crippen molar-refractivity contribution in [3.05, 3.63) is 58.1 Å². The molecule has 2 amide bonds. The van der Waals surface area contributed by atoms with Gasteiger partial charge in [0.1, 0.15) is 10.6 Å². The molecule has 2 aliphatic rings. The van der Waals surface area contributed by atoms with Crippen molar-refractivity contribution < 1.29 is 14.3 Å². The number of aryl methyl sites for hydroxylation is 1. The smallest absolute Gasteiger partial charge is 0.265 e. The minimum absolute atomic E-state index is 0.0215. The van der Waals surface area contributed by atoms with E-state index >= 15 is 0 Å². The summed E-state index contributed by atoms with van der Waals surface area (Å²) in [5.74, 6) is 1.38. The van der Waals surface area contributed by atoms with Crippen LogP contribution in [0.15, 0.2) is 41.9 Å². The van der Waals surface area contributed by atoms with Crippen LogP contribution in [0.1, 0.15) is 40.2 Å². The zero-order valence-electron chi connectivity index (χ0n) is 18.1. The van der Waals surface area contributed by atoms with Gasteiger partial charge in [-0.25, -0.2) is 4.98 Å². The fourth-order valence-corrected chi connectivity index (χ4v) is 5.32. The number of carbonyl (C=O) groups is 2. The molecule has 0 bridgehead atoms. The van der Waals surface area contributed by atoms with E-state index in [1.165, 1.54) is 11.3 Å². The molecule has 6 nitrogen and oxygen atoms in total. The Labute approximate surface area is 187 Å². The van der Waals surface area contributed by atoms with E-state index in [2.05, 4.69) is 17.1 Å². The summed E-state index contributed by atoms with van der Waals surface area (Å²) in [6.07, 6.45) is 6.75.